The summed E-state index contributed by atoms with van der Waals surface area (Å²) in [6, 6.07) is 17.0. The molecule has 0 aromatic heterocycles. The van der Waals surface area contributed by atoms with E-state index in [1.165, 1.54) is 12.1 Å². The molecule has 1 aliphatic heterocycles. The zero-order valence-electron chi connectivity index (χ0n) is 17.2. The van der Waals surface area contributed by atoms with Crippen LogP contribution in [0.1, 0.15) is 44.2 Å². The number of hydrogen-bond acceptors (Lipinski definition) is 2. The summed E-state index contributed by atoms with van der Waals surface area (Å²) in [4.78, 5) is 27.9. The summed E-state index contributed by atoms with van der Waals surface area (Å²) >= 11 is 0. The molecule has 0 saturated carbocycles. The van der Waals surface area contributed by atoms with Crippen molar-refractivity contribution in [1.82, 2.24) is 4.90 Å². The smallest absolute Gasteiger partial charge is 0.255 e. The standard InChI is InChI=1S/C25H23FN2O2/c1-15-4-9-22-21(13-15)24(18-5-7-20(26)8-6-18)28(14-23(29)27-22)25(30)19-11-16(2)10-17(3)12-19/h4-13,24H,14H2,1-3H3,(H,27,29). The van der Waals surface area contributed by atoms with Crippen molar-refractivity contribution in [3.05, 3.63) is 99.9 Å². The zero-order valence-corrected chi connectivity index (χ0v) is 17.2. The lowest BCUT2D eigenvalue weighted by Gasteiger charge is -2.31. The first-order chi connectivity index (χ1) is 14.3. The molecule has 4 nitrogen and oxygen atoms in total. The molecular weight excluding hydrogens is 379 g/mol. The predicted molar refractivity (Wildman–Crippen MR) is 115 cm³/mol. The van der Waals surface area contributed by atoms with Gasteiger partial charge in [-0.3, -0.25) is 9.59 Å². The molecule has 1 heterocycles. The summed E-state index contributed by atoms with van der Waals surface area (Å²) in [5, 5.41) is 2.91. The van der Waals surface area contributed by atoms with E-state index in [9.17, 15) is 14.0 Å². The fraction of sp³-hybridized carbons (Fsp3) is 0.200. The van der Waals surface area contributed by atoms with Gasteiger partial charge in [0, 0.05) is 16.8 Å². The number of hydrogen-bond donors (Lipinski definition) is 1. The molecule has 30 heavy (non-hydrogen) atoms. The molecule has 1 aliphatic rings. The molecular formula is C25H23FN2O2. The number of carbonyl (C=O) groups excluding carboxylic acids is 2. The van der Waals surface area contributed by atoms with Crippen molar-refractivity contribution in [2.45, 2.75) is 26.8 Å². The van der Waals surface area contributed by atoms with Crippen LogP contribution < -0.4 is 5.32 Å². The number of aryl methyl sites for hydroxylation is 3. The van der Waals surface area contributed by atoms with E-state index in [0.717, 1.165) is 27.8 Å². The van der Waals surface area contributed by atoms with Gasteiger partial charge in [-0.25, -0.2) is 4.39 Å². The molecule has 1 unspecified atom stereocenters. The molecule has 0 fully saturated rings. The van der Waals surface area contributed by atoms with Crippen LogP contribution in [0.4, 0.5) is 10.1 Å². The second kappa shape index (κ2) is 7.75. The van der Waals surface area contributed by atoms with Crippen LogP contribution in [-0.2, 0) is 4.79 Å². The van der Waals surface area contributed by atoms with Gasteiger partial charge in [0.15, 0.2) is 0 Å². The minimum absolute atomic E-state index is 0.0956. The second-order valence-corrected chi connectivity index (χ2v) is 7.90. The second-order valence-electron chi connectivity index (χ2n) is 7.90. The van der Waals surface area contributed by atoms with Crippen molar-refractivity contribution in [2.24, 2.45) is 0 Å². The van der Waals surface area contributed by atoms with Gasteiger partial charge in [-0.2, -0.15) is 0 Å². The Bertz CT molecular complexity index is 1120. The van der Waals surface area contributed by atoms with Crippen LogP contribution in [0.3, 0.4) is 0 Å². The SMILES string of the molecule is Cc1cc(C)cc(C(=O)N2CC(=O)Nc3ccc(C)cc3C2c2ccc(F)cc2)c1. The summed E-state index contributed by atoms with van der Waals surface area (Å²) in [5.41, 5.74) is 5.72. The van der Waals surface area contributed by atoms with E-state index >= 15 is 0 Å². The summed E-state index contributed by atoms with van der Waals surface area (Å²) in [5.74, 6) is -0.846. The van der Waals surface area contributed by atoms with Crippen LogP contribution in [0.5, 0.6) is 0 Å². The van der Waals surface area contributed by atoms with E-state index in [0.29, 0.717) is 11.3 Å². The van der Waals surface area contributed by atoms with Crippen molar-refractivity contribution >= 4 is 17.5 Å². The van der Waals surface area contributed by atoms with E-state index in [1.54, 1.807) is 17.0 Å². The fourth-order valence-electron chi connectivity index (χ4n) is 4.08. The lowest BCUT2D eigenvalue weighted by atomic mass is 9.93. The van der Waals surface area contributed by atoms with Gasteiger partial charge in [0.1, 0.15) is 12.4 Å². The van der Waals surface area contributed by atoms with E-state index in [-0.39, 0.29) is 24.2 Å². The summed E-state index contributed by atoms with van der Waals surface area (Å²) < 4.78 is 13.6. The Hall–Kier alpha value is -3.47. The van der Waals surface area contributed by atoms with Gasteiger partial charge in [0.2, 0.25) is 5.91 Å². The largest absolute Gasteiger partial charge is 0.324 e. The molecule has 1 atom stereocenters. The van der Waals surface area contributed by atoms with Gasteiger partial charge in [-0.1, -0.05) is 47.0 Å². The first-order valence-electron chi connectivity index (χ1n) is 9.87. The van der Waals surface area contributed by atoms with Crippen LogP contribution in [0.25, 0.3) is 0 Å². The van der Waals surface area contributed by atoms with Crippen LogP contribution in [0, 0.1) is 26.6 Å². The number of rotatable bonds is 2. The molecule has 0 bridgehead atoms. The molecule has 2 amide bonds. The van der Waals surface area contributed by atoms with Crippen molar-refractivity contribution < 1.29 is 14.0 Å². The summed E-state index contributed by atoms with van der Waals surface area (Å²) in [7, 11) is 0. The Balaban J connectivity index is 1.90. The van der Waals surface area contributed by atoms with Crippen molar-refractivity contribution in [1.29, 1.82) is 0 Å². The molecule has 0 saturated heterocycles. The number of fused-ring (bicyclic) bond motifs is 1. The molecule has 1 N–H and O–H groups in total. The van der Waals surface area contributed by atoms with Crippen LogP contribution in [0.2, 0.25) is 0 Å². The van der Waals surface area contributed by atoms with Gasteiger partial charge in [0.05, 0.1) is 6.04 Å². The number of nitrogens with one attached hydrogen (secondary N) is 1. The maximum absolute atomic E-state index is 13.6. The van der Waals surface area contributed by atoms with Crippen LogP contribution in [0.15, 0.2) is 60.7 Å². The average molecular weight is 402 g/mol. The highest BCUT2D eigenvalue weighted by Gasteiger charge is 2.34. The number of carbonyl (C=O) groups is 2. The Morgan fingerprint density at radius 3 is 2.27 bits per heavy atom. The predicted octanol–water partition coefficient (Wildman–Crippen LogP) is 4.93. The van der Waals surface area contributed by atoms with E-state index in [1.807, 2.05) is 57.2 Å². The topological polar surface area (TPSA) is 49.4 Å². The van der Waals surface area contributed by atoms with E-state index < -0.39 is 6.04 Å². The van der Waals surface area contributed by atoms with Gasteiger partial charge < -0.3 is 10.2 Å². The maximum Gasteiger partial charge on any atom is 0.255 e. The lowest BCUT2D eigenvalue weighted by molar-refractivity contribution is -0.117. The van der Waals surface area contributed by atoms with E-state index in [4.69, 9.17) is 0 Å². The molecule has 5 heteroatoms. The van der Waals surface area contributed by atoms with E-state index in [2.05, 4.69) is 5.32 Å². The first kappa shape index (κ1) is 19.8. The minimum Gasteiger partial charge on any atom is -0.324 e. The minimum atomic E-state index is -0.521. The van der Waals surface area contributed by atoms with Gasteiger partial charge in [0.25, 0.3) is 5.91 Å². The zero-order chi connectivity index (χ0) is 21.4. The molecule has 0 radical (unpaired) electrons. The summed E-state index contributed by atoms with van der Waals surface area (Å²) in [6.45, 7) is 5.75. The highest BCUT2D eigenvalue weighted by Crippen LogP contribution is 2.37. The van der Waals surface area contributed by atoms with Crippen molar-refractivity contribution in [2.75, 3.05) is 11.9 Å². The third-order valence-corrected chi connectivity index (χ3v) is 5.32. The van der Waals surface area contributed by atoms with Gasteiger partial charge >= 0.3 is 0 Å². The molecule has 3 aromatic carbocycles. The highest BCUT2D eigenvalue weighted by molar-refractivity contribution is 6.01. The molecule has 152 valence electrons. The Kier molecular flexibility index (Phi) is 5.12. The van der Waals surface area contributed by atoms with Crippen molar-refractivity contribution in [3.8, 4) is 0 Å². The Morgan fingerprint density at radius 1 is 0.933 bits per heavy atom. The third kappa shape index (κ3) is 3.83. The molecule has 0 spiro atoms. The number of anilines is 1. The maximum atomic E-state index is 13.6. The number of halogens is 1. The van der Waals surface area contributed by atoms with Crippen molar-refractivity contribution in [3.63, 3.8) is 0 Å². The first-order valence-corrected chi connectivity index (χ1v) is 9.87. The monoisotopic (exact) mass is 402 g/mol. The normalized spacial score (nSPS) is 15.9. The van der Waals surface area contributed by atoms with Gasteiger partial charge in [-0.05, 0) is 56.7 Å². The highest BCUT2D eigenvalue weighted by atomic mass is 19.1. The fourth-order valence-corrected chi connectivity index (χ4v) is 4.08. The molecule has 4 rings (SSSR count). The molecule has 3 aromatic rings. The third-order valence-electron chi connectivity index (χ3n) is 5.32. The lowest BCUT2D eigenvalue weighted by Crippen LogP contribution is -2.39. The number of benzene rings is 3. The van der Waals surface area contributed by atoms with Crippen LogP contribution in [-0.4, -0.2) is 23.3 Å². The van der Waals surface area contributed by atoms with Gasteiger partial charge in [-0.15, -0.1) is 0 Å². The Labute approximate surface area is 175 Å². The summed E-state index contributed by atoms with van der Waals surface area (Å²) in [6.07, 6.45) is 0. The number of amides is 2. The Morgan fingerprint density at radius 2 is 1.60 bits per heavy atom. The van der Waals surface area contributed by atoms with Crippen LogP contribution >= 0.6 is 0 Å². The quantitative estimate of drug-likeness (QED) is 0.660. The average Bonchev–Trinajstić information content (AvgIpc) is 2.83. The molecule has 0 aliphatic carbocycles. The number of nitrogens with zero attached hydrogens (tertiary/aromatic N) is 1.